The van der Waals surface area contributed by atoms with Crippen molar-refractivity contribution >= 4 is 78.7 Å². The van der Waals surface area contributed by atoms with Crippen molar-refractivity contribution in [3.05, 3.63) is 151 Å². The van der Waals surface area contributed by atoms with E-state index in [2.05, 4.69) is 58.1 Å². The molecule has 1 N–H and O–H groups in total. The molecule has 0 bridgehead atoms. The maximum atomic E-state index is 10.5. The van der Waals surface area contributed by atoms with E-state index in [0.717, 1.165) is 56.7 Å². The summed E-state index contributed by atoms with van der Waals surface area (Å²) in [7, 11) is -4.02. The minimum atomic E-state index is -4.02. The van der Waals surface area contributed by atoms with Crippen LogP contribution in [0.5, 0.6) is 0 Å². The van der Waals surface area contributed by atoms with Gasteiger partial charge in [0.05, 0.1) is 27.0 Å². The van der Waals surface area contributed by atoms with E-state index in [4.69, 9.17) is 47.7 Å². The lowest BCUT2D eigenvalue weighted by molar-refractivity contribution is 0.483. The maximum absolute atomic E-state index is 10.5. The zero-order valence-corrected chi connectivity index (χ0v) is 31.9. The number of fused-ring (bicyclic) bond motifs is 4. The Morgan fingerprint density at radius 1 is 0.667 bits per heavy atom. The highest BCUT2D eigenvalue weighted by Gasteiger charge is 2.37. The van der Waals surface area contributed by atoms with Gasteiger partial charge < -0.3 is 19.6 Å². The fourth-order valence-corrected chi connectivity index (χ4v) is 6.98. The zero-order valence-electron chi connectivity index (χ0n) is 29.6. The second-order valence-corrected chi connectivity index (χ2v) is 14.6. The van der Waals surface area contributed by atoms with Crippen LogP contribution < -0.4 is 19.6 Å². The summed E-state index contributed by atoms with van der Waals surface area (Å²) in [6, 6.07) is 17.1. The molecule has 2 aliphatic heterocycles. The molecule has 0 saturated carbocycles. The first-order valence-corrected chi connectivity index (χ1v) is 19.1. The molecule has 276 valence electrons. The predicted octanol–water partition coefficient (Wildman–Crippen LogP) is 8.54. The third-order valence-corrected chi connectivity index (χ3v) is 9.89. The largest absolute Gasteiger partial charge is 0.326 e. The topological polar surface area (TPSA) is 119 Å². The molecule has 14 heteroatoms. The van der Waals surface area contributed by atoms with Crippen molar-refractivity contribution in [2.75, 3.05) is 45.8 Å². The van der Waals surface area contributed by atoms with Crippen LogP contribution in [0.4, 0.5) is 23.3 Å². The van der Waals surface area contributed by atoms with Crippen LogP contribution in [0.2, 0.25) is 10.0 Å². The molecule has 0 spiro atoms. The highest BCUT2D eigenvalue weighted by molar-refractivity contribution is 7.85. The van der Waals surface area contributed by atoms with E-state index in [1.165, 1.54) is 12.1 Å². The van der Waals surface area contributed by atoms with Crippen molar-refractivity contribution in [1.29, 1.82) is 0 Å². The van der Waals surface area contributed by atoms with Gasteiger partial charge in [0.1, 0.15) is 12.0 Å². The zero-order chi connectivity index (χ0) is 38.6. The minimum absolute atomic E-state index is 0.0666. The highest BCUT2D eigenvalue weighted by Crippen LogP contribution is 2.41. The van der Waals surface area contributed by atoms with Gasteiger partial charge in [-0.2, -0.15) is 8.42 Å². The molecular formula is C40H38Cl2N8O3S. The molecule has 0 saturated heterocycles. The Hall–Kier alpha value is -5.53. The smallest absolute Gasteiger partial charge is 0.294 e. The molecule has 2 aromatic heterocycles. The van der Waals surface area contributed by atoms with E-state index >= 15 is 0 Å². The molecule has 1 unspecified atom stereocenters. The van der Waals surface area contributed by atoms with Crippen LogP contribution in [0.15, 0.2) is 140 Å². The van der Waals surface area contributed by atoms with E-state index in [1.807, 2.05) is 73.7 Å². The molecule has 1 atom stereocenters. The minimum Gasteiger partial charge on any atom is -0.326 e. The summed E-state index contributed by atoms with van der Waals surface area (Å²) < 4.78 is 29.6. The van der Waals surface area contributed by atoms with Gasteiger partial charge in [-0.15, -0.1) is 26.3 Å². The van der Waals surface area contributed by atoms with Crippen molar-refractivity contribution in [3.63, 3.8) is 0 Å². The Morgan fingerprint density at radius 3 is 1.57 bits per heavy atom. The summed E-state index contributed by atoms with van der Waals surface area (Å²) in [5.41, 5.74) is 3.97. The molecule has 54 heavy (non-hydrogen) atoms. The van der Waals surface area contributed by atoms with Crippen molar-refractivity contribution in [2.24, 2.45) is 0 Å². The molecule has 5 aromatic rings. The lowest BCUT2D eigenvalue weighted by Gasteiger charge is -2.28. The number of nitrogens with zero attached hydrogens (tertiary/aromatic N) is 8. The molecule has 0 fully saturated rings. The summed E-state index contributed by atoms with van der Waals surface area (Å²) >= 11 is 12.5. The third-order valence-electron chi connectivity index (χ3n) is 8.55. The Bertz CT molecular complexity index is 2440. The first-order valence-electron chi connectivity index (χ1n) is 16.9. The second kappa shape index (κ2) is 16.2. The lowest BCUT2D eigenvalue weighted by Crippen LogP contribution is -2.42. The quantitative estimate of drug-likeness (QED) is 0.103. The SMILES string of the molecule is C=CCN1/C(=C/C=C/C2N(CC=C)c3nc4ccc(Cl)cc4nc3N2CC=C)N(CC=C)c2nc3cc(Cl)ccc3nc21.Cc1ccc(S(=O)(=O)O)cc1. The van der Waals surface area contributed by atoms with Gasteiger partial charge in [0.15, 0.2) is 23.3 Å². The second-order valence-electron chi connectivity index (χ2n) is 12.3. The van der Waals surface area contributed by atoms with Crippen molar-refractivity contribution in [1.82, 2.24) is 19.9 Å². The lowest BCUT2D eigenvalue weighted by atomic mass is 10.2. The maximum Gasteiger partial charge on any atom is 0.294 e. The summed E-state index contributed by atoms with van der Waals surface area (Å²) in [5.74, 6) is 3.96. The van der Waals surface area contributed by atoms with E-state index in [1.54, 1.807) is 12.1 Å². The van der Waals surface area contributed by atoms with E-state index in [9.17, 15) is 8.42 Å². The number of anilines is 4. The van der Waals surface area contributed by atoms with Gasteiger partial charge in [0.25, 0.3) is 10.1 Å². The number of aromatic nitrogens is 4. The fraction of sp³-hybridized carbons (Fsp3) is 0.150. The van der Waals surface area contributed by atoms with Crippen molar-refractivity contribution < 1.29 is 13.0 Å². The van der Waals surface area contributed by atoms with Crippen LogP contribution in [-0.4, -0.2) is 65.3 Å². The molecule has 2 aliphatic rings. The standard InChI is InChI=1S/C33H30Cl2N8.C7H8O3S/c1-5-16-40-28(42(18-7-3)32-30(40)36-24-14-12-22(34)20-26(24)38-32)10-9-11-29-41(17-6-2)31-33(43(29)19-8-4)39-27-21-23(35)13-15-25(27)37-31;1-6-2-4-7(5-3-6)11(8,9)10/h5-15,20-21,28H,1-4,16-19H2;2-5H,1H3,(H,8,9,10)/b10-9+,29-11-;. The average molecular weight is 782 g/mol. The van der Waals surface area contributed by atoms with Crippen LogP contribution in [0.1, 0.15) is 5.56 Å². The van der Waals surface area contributed by atoms with Crippen LogP contribution in [-0.2, 0) is 10.1 Å². The van der Waals surface area contributed by atoms with Gasteiger partial charge in [0, 0.05) is 36.2 Å². The fourth-order valence-electron chi connectivity index (χ4n) is 6.17. The van der Waals surface area contributed by atoms with E-state index in [0.29, 0.717) is 36.2 Å². The van der Waals surface area contributed by atoms with Crippen LogP contribution in [0.25, 0.3) is 22.1 Å². The number of benzene rings is 3. The number of hydrogen-bond acceptors (Lipinski definition) is 10. The molecule has 4 heterocycles. The molecular weight excluding hydrogens is 743 g/mol. The summed E-state index contributed by atoms with van der Waals surface area (Å²) in [4.78, 5) is 28.3. The van der Waals surface area contributed by atoms with Crippen LogP contribution >= 0.6 is 23.2 Å². The predicted molar refractivity (Wildman–Crippen MR) is 221 cm³/mol. The molecule has 0 aliphatic carbocycles. The van der Waals surface area contributed by atoms with Gasteiger partial charge in [-0.25, -0.2) is 19.9 Å². The van der Waals surface area contributed by atoms with Gasteiger partial charge in [-0.05, 0) is 67.6 Å². The highest BCUT2D eigenvalue weighted by atomic mass is 35.5. The van der Waals surface area contributed by atoms with Crippen LogP contribution in [0.3, 0.4) is 0 Å². The van der Waals surface area contributed by atoms with Crippen molar-refractivity contribution in [2.45, 2.75) is 18.0 Å². The Morgan fingerprint density at radius 2 is 1.11 bits per heavy atom. The Kier molecular flexibility index (Phi) is 11.5. The summed E-state index contributed by atoms with van der Waals surface area (Å²) in [5, 5.41) is 1.23. The molecule has 0 amide bonds. The van der Waals surface area contributed by atoms with Gasteiger partial charge >= 0.3 is 0 Å². The van der Waals surface area contributed by atoms with Gasteiger partial charge in [-0.3, -0.25) is 4.55 Å². The van der Waals surface area contributed by atoms with E-state index in [-0.39, 0.29) is 11.1 Å². The van der Waals surface area contributed by atoms with E-state index < -0.39 is 10.1 Å². The molecule has 3 aromatic carbocycles. The molecule has 7 rings (SSSR count). The number of halogens is 2. The summed E-state index contributed by atoms with van der Waals surface area (Å²) in [6.45, 7) is 20.1. The number of allylic oxidation sites excluding steroid dienone is 2. The third kappa shape index (κ3) is 7.87. The Balaban J connectivity index is 0.000000389. The average Bonchev–Trinajstić information content (AvgIpc) is 3.56. The molecule has 0 radical (unpaired) electrons. The van der Waals surface area contributed by atoms with Crippen LogP contribution in [0, 0.1) is 6.92 Å². The monoisotopic (exact) mass is 780 g/mol. The summed E-state index contributed by atoms with van der Waals surface area (Å²) in [6.07, 6.45) is 13.5. The number of rotatable bonds is 11. The van der Waals surface area contributed by atoms with Gasteiger partial charge in [0.2, 0.25) is 0 Å². The first-order chi connectivity index (χ1) is 26.0. The first kappa shape index (κ1) is 38.2. The van der Waals surface area contributed by atoms with Crippen molar-refractivity contribution in [3.8, 4) is 0 Å². The molecule has 11 nitrogen and oxygen atoms in total. The Labute approximate surface area is 324 Å². The number of aryl methyl sites for hydroxylation is 1. The number of hydrogen-bond donors (Lipinski definition) is 1. The van der Waals surface area contributed by atoms with Gasteiger partial charge in [-0.1, -0.05) is 71.3 Å². The normalized spacial score (nSPS) is 15.8.